The van der Waals surface area contributed by atoms with Crippen molar-refractivity contribution in [2.24, 2.45) is 5.73 Å². The fourth-order valence-electron chi connectivity index (χ4n) is 2.06. The number of nitrogens with two attached hydrogens (primary N) is 1. The fourth-order valence-corrected chi connectivity index (χ4v) is 2.06. The van der Waals surface area contributed by atoms with E-state index in [1.54, 1.807) is 0 Å². The summed E-state index contributed by atoms with van der Waals surface area (Å²) in [5.74, 6) is 2.46. The molecule has 0 aliphatic carbocycles. The molecule has 1 aromatic heterocycles. The van der Waals surface area contributed by atoms with Gasteiger partial charge in [0.2, 0.25) is 11.7 Å². The molecule has 3 rings (SSSR count). The van der Waals surface area contributed by atoms with E-state index in [0.717, 1.165) is 29.0 Å². The van der Waals surface area contributed by atoms with Crippen molar-refractivity contribution in [3.8, 4) is 22.9 Å². The summed E-state index contributed by atoms with van der Waals surface area (Å²) in [6.07, 6.45) is 0.878. The van der Waals surface area contributed by atoms with Crippen LogP contribution in [0.25, 0.3) is 11.4 Å². The third kappa shape index (κ3) is 2.15. The van der Waals surface area contributed by atoms with Crippen LogP contribution in [0.5, 0.6) is 11.5 Å². The molecular weight excluding hydrogens is 246 g/mol. The first kappa shape index (κ1) is 12.0. The predicted molar refractivity (Wildman–Crippen MR) is 68.0 cm³/mol. The lowest BCUT2D eigenvalue weighted by Gasteiger charge is -2.12. The lowest BCUT2D eigenvalue weighted by Crippen LogP contribution is -1.98. The summed E-state index contributed by atoms with van der Waals surface area (Å²) in [4.78, 5) is 4.23. The summed E-state index contributed by atoms with van der Waals surface area (Å²) in [7, 11) is 0. The van der Waals surface area contributed by atoms with E-state index in [-0.39, 0.29) is 6.54 Å². The quantitative estimate of drug-likeness (QED) is 0.885. The molecule has 2 heterocycles. The third-order valence-corrected chi connectivity index (χ3v) is 3.05. The highest BCUT2D eigenvalue weighted by Gasteiger charge is 2.18. The van der Waals surface area contributed by atoms with Crippen molar-refractivity contribution < 1.29 is 14.0 Å². The van der Waals surface area contributed by atoms with Gasteiger partial charge in [-0.1, -0.05) is 5.16 Å². The van der Waals surface area contributed by atoms with E-state index in [1.165, 1.54) is 0 Å². The van der Waals surface area contributed by atoms with Gasteiger partial charge in [0.25, 0.3) is 0 Å². The third-order valence-electron chi connectivity index (χ3n) is 3.05. The summed E-state index contributed by atoms with van der Waals surface area (Å²) in [6, 6.07) is 3.79. The zero-order valence-corrected chi connectivity index (χ0v) is 10.7. The van der Waals surface area contributed by atoms with Crippen LogP contribution in [0.1, 0.15) is 17.9 Å². The van der Waals surface area contributed by atoms with Gasteiger partial charge < -0.3 is 19.7 Å². The highest BCUT2D eigenvalue weighted by molar-refractivity contribution is 5.67. The molecule has 0 saturated carbocycles. The number of fused-ring (bicyclic) bond motifs is 1. The van der Waals surface area contributed by atoms with E-state index < -0.39 is 0 Å². The van der Waals surface area contributed by atoms with Gasteiger partial charge in [0.15, 0.2) is 11.5 Å². The molecule has 6 heteroatoms. The van der Waals surface area contributed by atoms with Crippen LogP contribution in [0.3, 0.4) is 0 Å². The molecule has 0 saturated heterocycles. The van der Waals surface area contributed by atoms with Gasteiger partial charge in [-0.05, 0) is 19.1 Å². The standard InChI is InChI=1S/C13H15N3O3/c1-8-9(13-15-11(7-14)19-16-13)3-4-10-12(8)18-6-2-5-17-10/h3-4H,2,5-7,14H2,1H3. The topological polar surface area (TPSA) is 83.4 Å². The van der Waals surface area contributed by atoms with Crippen molar-refractivity contribution >= 4 is 0 Å². The van der Waals surface area contributed by atoms with Crippen molar-refractivity contribution in [2.75, 3.05) is 13.2 Å². The second kappa shape index (κ2) is 4.89. The van der Waals surface area contributed by atoms with Gasteiger partial charge in [-0.25, -0.2) is 0 Å². The number of nitrogens with zero attached hydrogens (tertiary/aromatic N) is 2. The molecule has 1 aliphatic rings. The van der Waals surface area contributed by atoms with Gasteiger partial charge in [-0.3, -0.25) is 0 Å². The lowest BCUT2D eigenvalue weighted by molar-refractivity contribution is 0.296. The fraction of sp³-hybridized carbons (Fsp3) is 0.385. The van der Waals surface area contributed by atoms with Crippen LogP contribution in [-0.2, 0) is 6.54 Å². The van der Waals surface area contributed by atoms with Crippen molar-refractivity contribution in [1.29, 1.82) is 0 Å². The van der Waals surface area contributed by atoms with Crippen molar-refractivity contribution in [3.05, 3.63) is 23.6 Å². The largest absolute Gasteiger partial charge is 0.490 e. The normalized spacial score (nSPS) is 14.2. The van der Waals surface area contributed by atoms with Crippen LogP contribution >= 0.6 is 0 Å². The summed E-state index contributed by atoms with van der Waals surface area (Å²) in [5, 5.41) is 3.93. The molecule has 0 fully saturated rings. The van der Waals surface area contributed by atoms with Crippen LogP contribution in [0.2, 0.25) is 0 Å². The van der Waals surface area contributed by atoms with Crippen LogP contribution < -0.4 is 15.2 Å². The smallest absolute Gasteiger partial charge is 0.240 e. The predicted octanol–water partition coefficient (Wildman–Crippen LogP) is 1.67. The number of rotatable bonds is 2. The second-order valence-corrected chi connectivity index (χ2v) is 4.33. The Morgan fingerprint density at radius 2 is 2.11 bits per heavy atom. The first-order chi connectivity index (χ1) is 9.29. The number of hydrogen-bond acceptors (Lipinski definition) is 6. The highest BCUT2D eigenvalue weighted by atomic mass is 16.5. The van der Waals surface area contributed by atoms with E-state index >= 15 is 0 Å². The summed E-state index contributed by atoms with van der Waals surface area (Å²) < 4.78 is 16.4. The van der Waals surface area contributed by atoms with Crippen molar-refractivity contribution in [3.63, 3.8) is 0 Å². The molecule has 2 aromatic rings. The van der Waals surface area contributed by atoms with Gasteiger partial charge in [0.1, 0.15) is 0 Å². The molecule has 6 nitrogen and oxygen atoms in total. The molecule has 0 unspecified atom stereocenters. The Bertz CT molecular complexity index is 595. The molecule has 1 aromatic carbocycles. The number of aromatic nitrogens is 2. The molecule has 0 atom stereocenters. The zero-order chi connectivity index (χ0) is 13.2. The Morgan fingerprint density at radius 1 is 1.26 bits per heavy atom. The van der Waals surface area contributed by atoms with Gasteiger partial charge in [0, 0.05) is 17.5 Å². The Balaban J connectivity index is 2.05. The number of hydrogen-bond donors (Lipinski definition) is 1. The van der Waals surface area contributed by atoms with Crippen molar-refractivity contribution in [2.45, 2.75) is 19.9 Å². The maximum Gasteiger partial charge on any atom is 0.240 e. The number of ether oxygens (including phenoxy) is 2. The van der Waals surface area contributed by atoms with Gasteiger partial charge in [-0.15, -0.1) is 0 Å². The van der Waals surface area contributed by atoms with Crippen LogP contribution in [-0.4, -0.2) is 23.4 Å². The van der Waals surface area contributed by atoms with E-state index in [1.807, 2.05) is 19.1 Å². The Labute approximate surface area is 110 Å². The maximum atomic E-state index is 5.74. The average molecular weight is 261 g/mol. The molecule has 1 aliphatic heterocycles. The Morgan fingerprint density at radius 3 is 2.89 bits per heavy atom. The minimum absolute atomic E-state index is 0.233. The molecule has 0 spiro atoms. The first-order valence-corrected chi connectivity index (χ1v) is 6.22. The maximum absolute atomic E-state index is 5.74. The molecule has 0 bridgehead atoms. The van der Waals surface area contributed by atoms with E-state index in [9.17, 15) is 0 Å². The van der Waals surface area contributed by atoms with Crippen LogP contribution in [0.15, 0.2) is 16.7 Å². The molecule has 0 amide bonds. The minimum atomic E-state index is 0.233. The SMILES string of the molecule is Cc1c(-c2noc(CN)n2)ccc2c1OCCCO2. The number of benzene rings is 1. The molecule has 2 N–H and O–H groups in total. The Hall–Kier alpha value is -2.08. The lowest BCUT2D eigenvalue weighted by atomic mass is 10.1. The Kier molecular flexibility index (Phi) is 3.08. The molecule has 100 valence electrons. The van der Waals surface area contributed by atoms with Crippen molar-refractivity contribution in [1.82, 2.24) is 10.1 Å². The summed E-state index contributed by atoms with van der Waals surface area (Å²) in [5.41, 5.74) is 7.29. The summed E-state index contributed by atoms with van der Waals surface area (Å²) in [6.45, 7) is 3.51. The van der Waals surface area contributed by atoms with Gasteiger partial charge in [0.05, 0.1) is 19.8 Å². The zero-order valence-electron chi connectivity index (χ0n) is 10.7. The second-order valence-electron chi connectivity index (χ2n) is 4.33. The van der Waals surface area contributed by atoms with E-state index in [0.29, 0.717) is 24.9 Å². The van der Waals surface area contributed by atoms with Gasteiger partial charge >= 0.3 is 0 Å². The molecule has 0 radical (unpaired) electrons. The van der Waals surface area contributed by atoms with E-state index in [2.05, 4.69) is 10.1 Å². The minimum Gasteiger partial charge on any atom is -0.490 e. The highest BCUT2D eigenvalue weighted by Crippen LogP contribution is 2.38. The summed E-state index contributed by atoms with van der Waals surface area (Å²) >= 11 is 0. The first-order valence-electron chi connectivity index (χ1n) is 6.22. The molecule has 19 heavy (non-hydrogen) atoms. The molecular formula is C13H15N3O3. The van der Waals surface area contributed by atoms with E-state index in [4.69, 9.17) is 19.7 Å². The monoisotopic (exact) mass is 261 g/mol. The van der Waals surface area contributed by atoms with Crippen LogP contribution in [0, 0.1) is 6.92 Å². The van der Waals surface area contributed by atoms with Gasteiger partial charge in [-0.2, -0.15) is 4.98 Å². The van der Waals surface area contributed by atoms with Crippen LogP contribution in [0.4, 0.5) is 0 Å². The average Bonchev–Trinajstić information content (AvgIpc) is 2.76.